The Morgan fingerprint density at radius 3 is 2.88 bits per heavy atom. The summed E-state index contributed by atoms with van der Waals surface area (Å²) >= 11 is 1.37. The molecule has 1 aliphatic carbocycles. The Hall–Kier alpha value is -1.69. The third kappa shape index (κ3) is 2.48. The Balaban J connectivity index is 1.70. The maximum Gasteiger partial charge on any atom is 0.262 e. The van der Waals surface area contributed by atoms with E-state index in [-0.39, 0.29) is 17.5 Å². The summed E-state index contributed by atoms with van der Waals surface area (Å²) in [5.74, 6) is 1.34. The monoisotopic (exact) mass is 345 g/mol. The van der Waals surface area contributed by atoms with Crippen molar-refractivity contribution < 1.29 is 4.79 Å². The molecule has 128 valence electrons. The first-order valence-corrected chi connectivity index (χ1v) is 9.71. The summed E-state index contributed by atoms with van der Waals surface area (Å²) in [5, 5.41) is 3.83. The molecule has 0 radical (unpaired) electrons. The van der Waals surface area contributed by atoms with E-state index < -0.39 is 0 Å². The topological polar surface area (TPSA) is 64.0 Å². The maximum atomic E-state index is 12.8. The fourth-order valence-electron chi connectivity index (χ4n) is 4.06. The molecule has 4 rings (SSSR count). The molecule has 6 heteroatoms. The molecule has 2 aromatic heterocycles. The van der Waals surface area contributed by atoms with E-state index in [0.29, 0.717) is 21.0 Å². The van der Waals surface area contributed by atoms with Gasteiger partial charge >= 0.3 is 0 Å². The number of aryl methyl sites for hydroxylation is 2. The molecule has 5 nitrogen and oxygen atoms in total. The summed E-state index contributed by atoms with van der Waals surface area (Å²) < 4.78 is 1.77. The van der Waals surface area contributed by atoms with Crippen molar-refractivity contribution in [3.8, 4) is 0 Å². The van der Waals surface area contributed by atoms with Gasteiger partial charge < -0.3 is 5.32 Å². The number of fused-ring (bicyclic) bond motifs is 2. The van der Waals surface area contributed by atoms with Gasteiger partial charge in [-0.15, -0.1) is 11.3 Å². The molecular weight excluding hydrogens is 322 g/mol. The van der Waals surface area contributed by atoms with Crippen molar-refractivity contribution in [3.63, 3.8) is 0 Å². The van der Waals surface area contributed by atoms with Crippen LogP contribution in [0.25, 0.3) is 10.2 Å². The minimum atomic E-state index is -0.0428. The summed E-state index contributed by atoms with van der Waals surface area (Å²) in [6, 6.07) is 0.245. The molecule has 1 aliphatic heterocycles. The molecule has 1 amide bonds. The van der Waals surface area contributed by atoms with Crippen LogP contribution in [0.3, 0.4) is 0 Å². The molecular formula is C18H23N3O2S. The number of rotatable bonds is 2. The smallest absolute Gasteiger partial charge is 0.262 e. The minimum absolute atomic E-state index is 0.0198. The number of carbonyl (C=O) groups is 1. The number of hydrogen-bond acceptors (Lipinski definition) is 4. The lowest BCUT2D eigenvalue weighted by atomic mass is 9.86. The molecule has 1 fully saturated rings. The SMILES string of the molecule is Cc1c(C(=O)NC2CCCCC2C)sc2nc3n(c(=O)c12)CCC3. The molecule has 2 unspecified atom stereocenters. The average Bonchev–Trinajstić information content (AvgIpc) is 3.15. The number of carbonyl (C=O) groups excluding carboxylic acids is 1. The van der Waals surface area contributed by atoms with Crippen molar-refractivity contribution in [1.29, 1.82) is 0 Å². The fourth-order valence-corrected chi connectivity index (χ4v) is 5.15. The molecule has 0 spiro atoms. The van der Waals surface area contributed by atoms with E-state index in [2.05, 4.69) is 17.2 Å². The van der Waals surface area contributed by atoms with Gasteiger partial charge in [0, 0.05) is 19.0 Å². The molecule has 0 aromatic carbocycles. The van der Waals surface area contributed by atoms with E-state index in [1.807, 2.05) is 6.92 Å². The van der Waals surface area contributed by atoms with E-state index in [0.717, 1.165) is 37.2 Å². The number of amides is 1. The Morgan fingerprint density at radius 2 is 2.08 bits per heavy atom. The summed E-state index contributed by atoms with van der Waals surface area (Å²) in [6.07, 6.45) is 6.48. The lowest BCUT2D eigenvalue weighted by Crippen LogP contribution is -2.41. The second-order valence-corrected chi connectivity index (χ2v) is 8.17. The minimum Gasteiger partial charge on any atom is -0.348 e. The van der Waals surface area contributed by atoms with Crippen molar-refractivity contribution in [2.75, 3.05) is 0 Å². The number of aromatic nitrogens is 2. The molecule has 24 heavy (non-hydrogen) atoms. The van der Waals surface area contributed by atoms with Crippen LogP contribution in [0.1, 0.15) is 60.1 Å². The summed E-state index contributed by atoms with van der Waals surface area (Å²) in [7, 11) is 0. The van der Waals surface area contributed by atoms with Crippen LogP contribution in [0.5, 0.6) is 0 Å². The first-order valence-electron chi connectivity index (χ1n) is 8.90. The van der Waals surface area contributed by atoms with Crippen molar-refractivity contribution in [2.45, 2.75) is 65.0 Å². The van der Waals surface area contributed by atoms with Gasteiger partial charge in [0.25, 0.3) is 11.5 Å². The van der Waals surface area contributed by atoms with Gasteiger partial charge in [0.05, 0.1) is 10.3 Å². The second-order valence-electron chi connectivity index (χ2n) is 7.17. The average molecular weight is 345 g/mol. The first kappa shape index (κ1) is 15.8. The molecule has 1 N–H and O–H groups in total. The Bertz CT molecular complexity index is 867. The molecule has 1 saturated carbocycles. The molecule has 2 aromatic rings. The van der Waals surface area contributed by atoms with Crippen molar-refractivity contribution >= 4 is 27.5 Å². The highest BCUT2D eigenvalue weighted by Crippen LogP contribution is 2.30. The van der Waals surface area contributed by atoms with E-state index in [4.69, 9.17) is 0 Å². The van der Waals surface area contributed by atoms with Gasteiger partial charge in [-0.3, -0.25) is 14.2 Å². The van der Waals surface area contributed by atoms with Crippen LogP contribution in [-0.2, 0) is 13.0 Å². The zero-order chi connectivity index (χ0) is 16.8. The predicted molar refractivity (Wildman–Crippen MR) is 95.8 cm³/mol. The van der Waals surface area contributed by atoms with Crippen LogP contribution < -0.4 is 10.9 Å². The van der Waals surface area contributed by atoms with Gasteiger partial charge in [0.2, 0.25) is 0 Å². The molecule has 0 saturated heterocycles. The standard InChI is InChI=1S/C18H23N3O2S/c1-10-6-3-4-7-12(10)19-16(22)15-11(2)14-17(24-15)20-13-8-5-9-21(13)18(14)23/h10,12H,3-9H2,1-2H3,(H,19,22). The van der Waals surface area contributed by atoms with E-state index in [9.17, 15) is 9.59 Å². The normalized spacial score (nSPS) is 23.4. The highest BCUT2D eigenvalue weighted by atomic mass is 32.1. The quantitative estimate of drug-likeness (QED) is 0.910. The fraction of sp³-hybridized carbons (Fsp3) is 0.611. The highest BCUT2D eigenvalue weighted by Gasteiger charge is 2.27. The van der Waals surface area contributed by atoms with Gasteiger partial charge in [-0.05, 0) is 37.7 Å². The molecule has 2 aliphatic rings. The van der Waals surface area contributed by atoms with Crippen LogP contribution >= 0.6 is 11.3 Å². The number of nitrogens with zero attached hydrogens (tertiary/aromatic N) is 2. The van der Waals surface area contributed by atoms with Gasteiger partial charge in [0.15, 0.2) is 0 Å². The van der Waals surface area contributed by atoms with Gasteiger partial charge in [-0.25, -0.2) is 4.98 Å². The van der Waals surface area contributed by atoms with Crippen LogP contribution in [-0.4, -0.2) is 21.5 Å². The van der Waals surface area contributed by atoms with Gasteiger partial charge in [-0.2, -0.15) is 0 Å². The molecule has 0 bridgehead atoms. The predicted octanol–water partition coefficient (Wildman–Crippen LogP) is 3.02. The van der Waals surface area contributed by atoms with E-state index in [1.165, 1.54) is 30.6 Å². The number of hydrogen-bond donors (Lipinski definition) is 1. The van der Waals surface area contributed by atoms with Crippen LogP contribution in [0.2, 0.25) is 0 Å². The van der Waals surface area contributed by atoms with Crippen LogP contribution in [0.15, 0.2) is 4.79 Å². The van der Waals surface area contributed by atoms with Gasteiger partial charge in [0.1, 0.15) is 10.7 Å². The Kier molecular flexibility index (Phi) is 3.95. The van der Waals surface area contributed by atoms with Crippen LogP contribution in [0.4, 0.5) is 0 Å². The van der Waals surface area contributed by atoms with Crippen molar-refractivity contribution in [1.82, 2.24) is 14.9 Å². The molecule has 3 heterocycles. The lowest BCUT2D eigenvalue weighted by Gasteiger charge is -2.29. The second kappa shape index (κ2) is 5.99. The molecule has 2 atom stereocenters. The van der Waals surface area contributed by atoms with Gasteiger partial charge in [-0.1, -0.05) is 19.8 Å². The highest BCUT2D eigenvalue weighted by molar-refractivity contribution is 7.20. The van der Waals surface area contributed by atoms with Crippen LogP contribution in [0, 0.1) is 12.8 Å². The van der Waals surface area contributed by atoms with E-state index in [1.54, 1.807) is 4.57 Å². The third-order valence-electron chi connectivity index (χ3n) is 5.55. The maximum absolute atomic E-state index is 12.8. The number of nitrogens with one attached hydrogen (secondary N) is 1. The third-order valence-corrected chi connectivity index (χ3v) is 6.73. The summed E-state index contributed by atoms with van der Waals surface area (Å²) in [4.78, 5) is 31.5. The Morgan fingerprint density at radius 1 is 1.29 bits per heavy atom. The lowest BCUT2D eigenvalue weighted by molar-refractivity contribution is 0.0914. The zero-order valence-corrected chi connectivity index (χ0v) is 15.0. The van der Waals surface area contributed by atoms with Crippen molar-refractivity contribution in [3.05, 3.63) is 26.6 Å². The summed E-state index contributed by atoms with van der Waals surface area (Å²) in [5.41, 5.74) is 0.807. The Labute approximate surface area is 145 Å². The summed E-state index contributed by atoms with van der Waals surface area (Å²) in [6.45, 7) is 4.83. The zero-order valence-electron chi connectivity index (χ0n) is 14.2. The van der Waals surface area contributed by atoms with E-state index >= 15 is 0 Å². The first-order chi connectivity index (χ1) is 11.6. The largest absolute Gasteiger partial charge is 0.348 e. The number of thiophene rings is 1. The van der Waals surface area contributed by atoms with Crippen molar-refractivity contribution in [2.24, 2.45) is 5.92 Å².